The molecule has 4 fully saturated rings. The molecule has 5 heterocycles. The monoisotopic (exact) mass is 418 g/mol. The Kier molecular flexibility index (Phi) is 4.80. The molecule has 0 spiro atoms. The minimum absolute atomic E-state index is 0.0867. The number of nitrogens with two attached hydrogens (primary N) is 1. The van der Waals surface area contributed by atoms with Gasteiger partial charge in [-0.3, -0.25) is 0 Å². The summed E-state index contributed by atoms with van der Waals surface area (Å²) >= 11 is 0. The van der Waals surface area contributed by atoms with Crippen LogP contribution in [0, 0.1) is 5.92 Å². The summed E-state index contributed by atoms with van der Waals surface area (Å²) < 4.78 is 35.5. The van der Waals surface area contributed by atoms with Crippen molar-refractivity contribution in [1.82, 2.24) is 15.0 Å². The van der Waals surface area contributed by atoms with E-state index in [0.717, 1.165) is 31.9 Å². The van der Waals surface area contributed by atoms with Gasteiger partial charge in [0.15, 0.2) is 11.6 Å². The van der Waals surface area contributed by atoms with Crippen LogP contribution in [0.5, 0.6) is 5.75 Å². The third-order valence-corrected chi connectivity index (χ3v) is 6.26. The number of methoxy groups -OCH3 is 1. The van der Waals surface area contributed by atoms with E-state index in [1.165, 1.54) is 25.1 Å². The predicted octanol–water partition coefficient (Wildman–Crippen LogP) is 2.55. The summed E-state index contributed by atoms with van der Waals surface area (Å²) in [6.07, 6.45) is 4.96. The molecule has 0 amide bonds. The van der Waals surface area contributed by atoms with Crippen LogP contribution >= 0.6 is 0 Å². The molecule has 1 atom stereocenters. The molecule has 2 bridgehead atoms. The van der Waals surface area contributed by atoms with E-state index in [4.69, 9.17) is 20.4 Å². The first kappa shape index (κ1) is 19.2. The Morgan fingerprint density at radius 3 is 2.70 bits per heavy atom. The van der Waals surface area contributed by atoms with Crippen LogP contribution in [0.1, 0.15) is 19.3 Å². The Hall–Kier alpha value is -2.75. The molecule has 1 unspecified atom stereocenters. The van der Waals surface area contributed by atoms with Crippen molar-refractivity contribution in [2.24, 2.45) is 5.92 Å². The van der Waals surface area contributed by atoms with Crippen molar-refractivity contribution in [3.8, 4) is 17.0 Å². The third kappa shape index (κ3) is 3.49. The molecule has 30 heavy (non-hydrogen) atoms. The van der Waals surface area contributed by atoms with Crippen molar-refractivity contribution >= 4 is 17.6 Å². The van der Waals surface area contributed by atoms with E-state index in [1.807, 2.05) is 6.07 Å². The van der Waals surface area contributed by atoms with Gasteiger partial charge in [-0.2, -0.15) is 13.8 Å². The first-order valence-electron chi connectivity index (χ1n) is 10.1. The zero-order valence-electron chi connectivity index (χ0n) is 16.7. The molecule has 3 aliphatic heterocycles. The standard InChI is InChI=1S/C20H24F2N6O2/c1-29-14-2-3-27(10-14)17-7-15(12-6-16(30-19(21)22)18(23)24-8-12)25-20(26-17)28-9-11-4-13(28)5-11/h6-8,11,13-14,19H,2-5,9-10H2,1H3,(H2,23,24). The normalized spacial score (nSPS) is 25.1. The summed E-state index contributed by atoms with van der Waals surface area (Å²) in [5.41, 5.74) is 6.85. The number of halogens is 2. The lowest BCUT2D eigenvalue weighted by Gasteiger charge is -2.27. The highest BCUT2D eigenvalue weighted by Crippen LogP contribution is 2.43. The van der Waals surface area contributed by atoms with Crippen LogP contribution < -0.4 is 20.3 Å². The van der Waals surface area contributed by atoms with Gasteiger partial charge in [0.05, 0.1) is 11.8 Å². The SMILES string of the molecule is COC1CCN(c2cc(-c3cnc(N)c(OC(F)F)c3)nc(N3CC4CC3C4)n2)C1. The van der Waals surface area contributed by atoms with Crippen molar-refractivity contribution in [1.29, 1.82) is 0 Å². The van der Waals surface area contributed by atoms with Gasteiger partial charge in [-0.15, -0.1) is 0 Å². The van der Waals surface area contributed by atoms with Gasteiger partial charge < -0.3 is 25.0 Å². The zero-order valence-corrected chi connectivity index (χ0v) is 16.7. The Bertz CT molecular complexity index is 940. The molecule has 1 saturated carbocycles. The Morgan fingerprint density at radius 2 is 2.03 bits per heavy atom. The third-order valence-electron chi connectivity index (χ3n) is 6.26. The van der Waals surface area contributed by atoms with Crippen molar-refractivity contribution < 1.29 is 18.3 Å². The van der Waals surface area contributed by atoms with Crippen molar-refractivity contribution in [3.05, 3.63) is 18.3 Å². The van der Waals surface area contributed by atoms with Crippen LogP contribution in [0.25, 0.3) is 11.3 Å². The van der Waals surface area contributed by atoms with Gasteiger partial charge in [0.2, 0.25) is 5.95 Å². The number of ether oxygens (including phenoxy) is 2. The number of nitrogen functional groups attached to an aromatic ring is 1. The maximum absolute atomic E-state index is 12.7. The quantitative estimate of drug-likeness (QED) is 0.766. The molecule has 8 nitrogen and oxygen atoms in total. The summed E-state index contributed by atoms with van der Waals surface area (Å²) in [5.74, 6) is 1.93. The summed E-state index contributed by atoms with van der Waals surface area (Å²) in [6, 6.07) is 3.79. The van der Waals surface area contributed by atoms with Gasteiger partial charge in [-0.1, -0.05) is 0 Å². The topological polar surface area (TPSA) is 89.6 Å². The average molecular weight is 418 g/mol. The molecule has 1 aliphatic carbocycles. The second-order valence-corrected chi connectivity index (χ2v) is 8.13. The highest BCUT2D eigenvalue weighted by molar-refractivity contribution is 5.68. The molecular formula is C20H24F2N6O2. The molecule has 2 N–H and O–H groups in total. The van der Waals surface area contributed by atoms with Gasteiger partial charge in [0.25, 0.3) is 0 Å². The fourth-order valence-corrected chi connectivity index (χ4v) is 4.55. The van der Waals surface area contributed by atoms with Gasteiger partial charge in [-0.25, -0.2) is 9.97 Å². The van der Waals surface area contributed by atoms with E-state index in [2.05, 4.69) is 19.5 Å². The highest BCUT2D eigenvalue weighted by atomic mass is 19.3. The van der Waals surface area contributed by atoms with E-state index < -0.39 is 6.61 Å². The van der Waals surface area contributed by atoms with E-state index in [0.29, 0.717) is 29.2 Å². The van der Waals surface area contributed by atoms with Crippen molar-refractivity contribution in [2.45, 2.75) is 38.0 Å². The summed E-state index contributed by atoms with van der Waals surface area (Å²) in [6.45, 7) is -0.445. The van der Waals surface area contributed by atoms with Crippen LogP contribution in [0.2, 0.25) is 0 Å². The number of fused-ring (bicyclic) bond motifs is 1. The minimum Gasteiger partial charge on any atom is -0.431 e. The van der Waals surface area contributed by atoms with Gasteiger partial charge >= 0.3 is 6.61 Å². The van der Waals surface area contributed by atoms with E-state index in [-0.39, 0.29) is 17.7 Å². The van der Waals surface area contributed by atoms with Gasteiger partial charge in [-0.05, 0) is 31.2 Å². The number of nitrogens with zero attached hydrogens (tertiary/aromatic N) is 5. The predicted molar refractivity (Wildman–Crippen MR) is 108 cm³/mol. The van der Waals surface area contributed by atoms with E-state index >= 15 is 0 Å². The Balaban J connectivity index is 1.53. The van der Waals surface area contributed by atoms with Crippen LogP contribution in [-0.2, 0) is 4.74 Å². The maximum atomic E-state index is 12.7. The molecule has 160 valence electrons. The molecule has 2 aromatic rings. The number of aromatic nitrogens is 3. The average Bonchev–Trinajstić information content (AvgIpc) is 3.44. The molecule has 3 saturated heterocycles. The molecule has 6 rings (SSSR count). The summed E-state index contributed by atoms with van der Waals surface area (Å²) in [7, 11) is 1.72. The van der Waals surface area contributed by atoms with Crippen LogP contribution in [0.15, 0.2) is 18.3 Å². The zero-order chi connectivity index (χ0) is 20.8. The number of alkyl halides is 2. The summed E-state index contributed by atoms with van der Waals surface area (Å²) in [4.78, 5) is 18.0. The van der Waals surface area contributed by atoms with E-state index in [9.17, 15) is 8.78 Å². The van der Waals surface area contributed by atoms with Crippen molar-refractivity contribution in [3.63, 3.8) is 0 Å². The first-order chi connectivity index (χ1) is 14.5. The fourth-order valence-electron chi connectivity index (χ4n) is 4.55. The number of hydrogen-bond donors (Lipinski definition) is 1. The number of hydrogen-bond acceptors (Lipinski definition) is 8. The highest BCUT2D eigenvalue weighted by Gasteiger charge is 2.44. The smallest absolute Gasteiger partial charge is 0.387 e. The lowest BCUT2D eigenvalue weighted by Crippen LogP contribution is -2.31. The van der Waals surface area contributed by atoms with Gasteiger partial charge in [0, 0.05) is 50.6 Å². The largest absolute Gasteiger partial charge is 0.431 e. The Labute approximate surface area is 173 Å². The molecule has 0 aromatic carbocycles. The molecule has 0 radical (unpaired) electrons. The lowest BCUT2D eigenvalue weighted by atomic mass is 9.86. The van der Waals surface area contributed by atoms with E-state index in [1.54, 1.807) is 7.11 Å². The fraction of sp³-hybridized carbons (Fsp3) is 0.550. The number of anilines is 3. The molecule has 2 aromatic heterocycles. The minimum atomic E-state index is -2.98. The second-order valence-electron chi connectivity index (χ2n) is 8.13. The number of pyridine rings is 1. The first-order valence-corrected chi connectivity index (χ1v) is 10.1. The van der Waals surface area contributed by atoms with Crippen molar-refractivity contribution in [2.75, 3.05) is 42.3 Å². The van der Waals surface area contributed by atoms with Gasteiger partial charge in [0.1, 0.15) is 5.82 Å². The second kappa shape index (κ2) is 7.50. The number of rotatable bonds is 6. The molecular weight excluding hydrogens is 394 g/mol. The maximum Gasteiger partial charge on any atom is 0.387 e. The lowest BCUT2D eigenvalue weighted by molar-refractivity contribution is -0.0494. The van der Waals surface area contributed by atoms with Crippen LogP contribution in [0.3, 0.4) is 0 Å². The van der Waals surface area contributed by atoms with Crippen LogP contribution in [-0.4, -0.2) is 60.5 Å². The molecule has 10 heteroatoms. The Morgan fingerprint density at radius 1 is 1.20 bits per heavy atom. The summed E-state index contributed by atoms with van der Waals surface area (Å²) in [5, 5.41) is 0. The molecule has 4 aliphatic rings. The van der Waals surface area contributed by atoms with Crippen LogP contribution in [0.4, 0.5) is 26.4 Å².